The lowest BCUT2D eigenvalue weighted by Crippen LogP contribution is -2.50. The molecule has 1 aromatic carbocycles. The van der Waals surface area contributed by atoms with E-state index in [0.717, 1.165) is 23.0 Å². The fourth-order valence-electron chi connectivity index (χ4n) is 2.88. The molecule has 3 N–H and O–H groups in total. The molecule has 1 fully saturated rings. The quantitative estimate of drug-likeness (QED) is 0.796. The summed E-state index contributed by atoms with van der Waals surface area (Å²) in [6, 6.07) is 4.19. The average molecular weight is 351 g/mol. The number of H-pyrrole nitrogens is 1. The van der Waals surface area contributed by atoms with E-state index in [-0.39, 0.29) is 11.9 Å². The Morgan fingerprint density at radius 3 is 3.10 bits per heavy atom. The molecule has 3 rings (SSSR count). The van der Waals surface area contributed by atoms with Crippen molar-refractivity contribution in [3.8, 4) is 0 Å². The van der Waals surface area contributed by atoms with Gasteiger partial charge in [0.05, 0.1) is 17.4 Å². The fourth-order valence-corrected chi connectivity index (χ4v) is 3.34. The summed E-state index contributed by atoms with van der Waals surface area (Å²) >= 11 is 3.44. The largest absolute Gasteiger partial charge is 0.348 e. The SMILES string of the molecule is CC(NC(=O)c1cc(Br)cc2[nH]cnc12)C1CCCCN1. The molecule has 2 unspecified atom stereocenters. The summed E-state index contributed by atoms with van der Waals surface area (Å²) < 4.78 is 0.868. The monoisotopic (exact) mass is 350 g/mol. The summed E-state index contributed by atoms with van der Waals surface area (Å²) in [6.07, 6.45) is 5.16. The lowest BCUT2D eigenvalue weighted by atomic mass is 9.99. The highest BCUT2D eigenvalue weighted by atomic mass is 79.9. The first kappa shape index (κ1) is 14.5. The van der Waals surface area contributed by atoms with Crippen LogP contribution in [0.5, 0.6) is 0 Å². The lowest BCUT2D eigenvalue weighted by molar-refractivity contribution is 0.0929. The van der Waals surface area contributed by atoms with Gasteiger partial charge in [-0.2, -0.15) is 0 Å². The van der Waals surface area contributed by atoms with Gasteiger partial charge in [0.1, 0.15) is 5.52 Å². The van der Waals surface area contributed by atoms with Crippen LogP contribution in [-0.2, 0) is 0 Å². The first-order valence-electron chi connectivity index (χ1n) is 7.32. The van der Waals surface area contributed by atoms with Crippen molar-refractivity contribution in [3.05, 3.63) is 28.5 Å². The second-order valence-electron chi connectivity index (χ2n) is 5.57. The Bertz CT molecular complexity index is 648. The Labute approximate surface area is 132 Å². The number of aromatic nitrogens is 2. The molecular weight excluding hydrogens is 332 g/mol. The highest BCUT2D eigenvalue weighted by molar-refractivity contribution is 9.10. The number of imidazole rings is 1. The Morgan fingerprint density at radius 2 is 2.33 bits per heavy atom. The van der Waals surface area contributed by atoms with Crippen LogP contribution in [0.3, 0.4) is 0 Å². The molecule has 0 radical (unpaired) electrons. The fraction of sp³-hybridized carbons (Fsp3) is 0.467. The maximum Gasteiger partial charge on any atom is 0.253 e. The molecule has 0 aliphatic carbocycles. The topological polar surface area (TPSA) is 69.8 Å². The number of rotatable bonds is 3. The third-order valence-electron chi connectivity index (χ3n) is 4.04. The van der Waals surface area contributed by atoms with Crippen molar-refractivity contribution in [2.75, 3.05) is 6.54 Å². The smallest absolute Gasteiger partial charge is 0.253 e. The molecule has 2 heterocycles. The van der Waals surface area contributed by atoms with Crippen molar-refractivity contribution in [1.82, 2.24) is 20.6 Å². The van der Waals surface area contributed by atoms with E-state index in [1.165, 1.54) is 12.8 Å². The molecule has 0 saturated carbocycles. The highest BCUT2D eigenvalue weighted by Crippen LogP contribution is 2.22. The zero-order valence-corrected chi connectivity index (χ0v) is 13.5. The summed E-state index contributed by atoms with van der Waals surface area (Å²) in [4.78, 5) is 19.8. The van der Waals surface area contributed by atoms with Crippen LogP contribution < -0.4 is 10.6 Å². The number of fused-ring (bicyclic) bond motifs is 1. The summed E-state index contributed by atoms with van der Waals surface area (Å²) in [5.41, 5.74) is 2.17. The summed E-state index contributed by atoms with van der Waals surface area (Å²) in [5.74, 6) is -0.0757. The average Bonchev–Trinajstić information content (AvgIpc) is 2.95. The number of piperidine rings is 1. The standard InChI is InChI=1S/C15H19BrN4O/c1-9(12-4-2-3-5-17-12)20-15(21)11-6-10(16)7-13-14(11)19-8-18-13/h6-9,12,17H,2-5H2,1H3,(H,18,19)(H,20,21). The van der Waals surface area contributed by atoms with Crippen molar-refractivity contribution >= 4 is 32.9 Å². The van der Waals surface area contributed by atoms with Gasteiger partial charge in [-0.1, -0.05) is 22.4 Å². The van der Waals surface area contributed by atoms with Crippen LogP contribution >= 0.6 is 15.9 Å². The maximum absolute atomic E-state index is 12.5. The van der Waals surface area contributed by atoms with Gasteiger partial charge in [0.15, 0.2) is 0 Å². The van der Waals surface area contributed by atoms with Crippen LogP contribution in [0.25, 0.3) is 11.0 Å². The van der Waals surface area contributed by atoms with E-state index in [1.54, 1.807) is 6.33 Å². The first-order valence-corrected chi connectivity index (χ1v) is 8.11. The van der Waals surface area contributed by atoms with Gasteiger partial charge in [-0.05, 0) is 38.4 Å². The van der Waals surface area contributed by atoms with E-state index in [2.05, 4.69) is 43.5 Å². The maximum atomic E-state index is 12.5. The molecule has 112 valence electrons. The van der Waals surface area contributed by atoms with Crippen LogP contribution in [0.2, 0.25) is 0 Å². The van der Waals surface area contributed by atoms with Crippen molar-refractivity contribution < 1.29 is 4.79 Å². The van der Waals surface area contributed by atoms with Crippen LogP contribution in [-0.4, -0.2) is 34.5 Å². The lowest BCUT2D eigenvalue weighted by Gasteiger charge is -2.29. The molecule has 6 heteroatoms. The number of hydrogen-bond acceptors (Lipinski definition) is 3. The molecule has 21 heavy (non-hydrogen) atoms. The highest BCUT2D eigenvalue weighted by Gasteiger charge is 2.22. The minimum atomic E-state index is -0.0757. The third-order valence-corrected chi connectivity index (χ3v) is 4.50. The normalized spacial score (nSPS) is 20.4. The molecule has 1 aliphatic rings. The number of nitrogens with one attached hydrogen (secondary N) is 3. The van der Waals surface area contributed by atoms with Crippen LogP contribution in [0.1, 0.15) is 36.5 Å². The molecule has 1 aromatic heterocycles. The predicted molar refractivity (Wildman–Crippen MR) is 86.4 cm³/mol. The molecule has 1 aliphatic heterocycles. The minimum Gasteiger partial charge on any atom is -0.348 e. The first-order chi connectivity index (χ1) is 10.1. The van der Waals surface area contributed by atoms with Crippen LogP contribution in [0.4, 0.5) is 0 Å². The van der Waals surface area contributed by atoms with Gasteiger partial charge in [-0.3, -0.25) is 4.79 Å². The zero-order chi connectivity index (χ0) is 14.8. The van der Waals surface area contributed by atoms with Gasteiger partial charge >= 0.3 is 0 Å². The van der Waals surface area contributed by atoms with E-state index >= 15 is 0 Å². The van der Waals surface area contributed by atoms with Crippen molar-refractivity contribution in [3.63, 3.8) is 0 Å². The number of halogens is 1. The summed E-state index contributed by atoms with van der Waals surface area (Å²) in [7, 11) is 0. The number of aromatic amines is 1. The summed E-state index contributed by atoms with van der Waals surface area (Å²) in [6.45, 7) is 3.09. The van der Waals surface area contributed by atoms with Gasteiger partial charge < -0.3 is 15.6 Å². The zero-order valence-electron chi connectivity index (χ0n) is 11.9. The van der Waals surface area contributed by atoms with E-state index in [0.29, 0.717) is 17.1 Å². The number of nitrogens with zero attached hydrogens (tertiary/aromatic N) is 1. The Kier molecular flexibility index (Phi) is 4.26. The van der Waals surface area contributed by atoms with Crippen molar-refractivity contribution in [2.45, 2.75) is 38.3 Å². The van der Waals surface area contributed by atoms with Crippen LogP contribution in [0, 0.1) is 0 Å². The van der Waals surface area contributed by atoms with E-state index in [9.17, 15) is 4.79 Å². The Hall–Kier alpha value is -1.40. The second-order valence-corrected chi connectivity index (χ2v) is 6.49. The Balaban J connectivity index is 1.78. The number of hydrogen-bond donors (Lipinski definition) is 3. The van der Waals surface area contributed by atoms with Crippen LogP contribution in [0.15, 0.2) is 22.9 Å². The van der Waals surface area contributed by atoms with Crippen molar-refractivity contribution in [2.24, 2.45) is 0 Å². The van der Waals surface area contributed by atoms with E-state index in [4.69, 9.17) is 0 Å². The molecule has 0 spiro atoms. The molecule has 0 bridgehead atoms. The van der Waals surface area contributed by atoms with E-state index in [1.807, 2.05) is 12.1 Å². The summed E-state index contributed by atoms with van der Waals surface area (Å²) in [5, 5.41) is 6.57. The molecule has 1 saturated heterocycles. The minimum absolute atomic E-state index is 0.0757. The molecule has 1 amide bonds. The molecule has 5 nitrogen and oxygen atoms in total. The second kappa shape index (κ2) is 6.15. The number of carbonyl (C=O) groups is 1. The van der Waals surface area contributed by atoms with Gasteiger partial charge in [-0.25, -0.2) is 4.98 Å². The number of amides is 1. The van der Waals surface area contributed by atoms with Gasteiger partial charge in [0, 0.05) is 16.6 Å². The molecule has 2 atom stereocenters. The van der Waals surface area contributed by atoms with Gasteiger partial charge in [-0.15, -0.1) is 0 Å². The van der Waals surface area contributed by atoms with Gasteiger partial charge in [0.25, 0.3) is 5.91 Å². The number of carbonyl (C=O) groups excluding carboxylic acids is 1. The van der Waals surface area contributed by atoms with E-state index < -0.39 is 0 Å². The van der Waals surface area contributed by atoms with Crippen molar-refractivity contribution in [1.29, 1.82) is 0 Å². The van der Waals surface area contributed by atoms with Gasteiger partial charge in [0.2, 0.25) is 0 Å². The molecular formula is C15H19BrN4O. The number of benzene rings is 1. The third kappa shape index (κ3) is 3.11. The Morgan fingerprint density at radius 1 is 1.48 bits per heavy atom. The predicted octanol–water partition coefficient (Wildman–Crippen LogP) is 2.59. The molecule has 2 aromatic rings.